The molecular formula is C37H43N3O5S. The standard InChI is InChI=1S/C37H43N3O5S/c1-6-30-19-13-14-23-33(30)40(46(43,44)32-21-11-8-12-22-32)27-35(41)39(26-29-18-15-20-31(24-29)45-5)34(36(42)38-37(2,3)4)25-28-16-9-7-10-17-28/h7-24,34H,6,25-27H2,1-5H3,(H,38,42). The van der Waals surface area contributed by atoms with E-state index in [1.54, 1.807) is 43.5 Å². The number of aryl methyl sites for hydroxylation is 1. The number of carbonyl (C=O) groups excluding carboxylic acids is 2. The minimum atomic E-state index is -4.17. The van der Waals surface area contributed by atoms with E-state index in [1.807, 2.05) is 88.4 Å². The summed E-state index contributed by atoms with van der Waals surface area (Å²) in [5.74, 6) is -0.244. The minimum Gasteiger partial charge on any atom is -0.497 e. The highest BCUT2D eigenvalue weighted by Crippen LogP contribution is 2.29. The number of benzene rings is 4. The van der Waals surface area contributed by atoms with Crippen LogP contribution in [0.2, 0.25) is 0 Å². The molecule has 9 heteroatoms. The third-order valence-electron chi connectivity index (χ3n) is 7.51. The van der Waals surface area contributed by atoms with Gasteiger partial charge in [-0.25, -0.2) is 8.42 Å². The van der Waals surface area contributed by atoms with Crippen LogP contribution in [0.3, 0.4) is 0 Å². The van der Waals surface area contributed by atoms with Gasteiger partial charge >= 0.3 is 0 Å². The average Bonchev–Trinajstić information content (AvgIpc) is 3.05. The molecule has 0 radical (unpaired) electrons. The number of hydrogen-bond donors (Lipinski definition) is 1. The second-order valence-electron chi connectivity index (χ2n) is 12.1. The summed E-state index contributed by atoms with van der Waals surface area (Å²) in [6, 6.07) is 31.1. The van der Waals surface area contributed by atoms with Crippen LogP contribution in [-0.2, 0) is 39.0 Å². The highest BCUT2D eigenvalue weighted by atomic mass is 32.2. The SMILES string of the molecule is CCc1ccccc1N(CC(=O)N(Cc1cccc(OC)c1)C(Cc1ccccc1)C(=O)NC(C)(C)C)S(=O)(=O)c1ccccc1. The number of amides is 2. The molecule has 242 valence electrons. The molecule has 0 spiro atoms. The Morgan fingerprint density at radius 2 is 1.43 bits per heavy atom. The van der Waals surface area contributed by atoms with Gasteiger partial charge in [-0.3, -0.25) is 13.9 Å². The van der Waals surface area contributed by atoms with Crippen LogP contribution in [0, 0.1) is 0 Å². The fourth-order valence-corrected chi connectivity index (χ4v) is 6.73. The maximum absolute atomic E-state index is 14.7. The van der Waals surface area contributed by atoms with Crippen LogP contribution in [0.4, 0.5) is 5.69 Å². The number of ether oxygens (including phenoxy) is 1. The number of sulfonamides is 1. The lowest BCUT2D eigenvalue weighted by Crippen LogP contribution is -2.56. The molecular weight excluding hydrogens is 598 g/mol. The summed E-state index contributed by atoms with van der Waals surface area (Å²) in [5.41, 5.74) is 2.23. The summed E-state index contributed by atoms with van der Waals surface area (Å²) in [7, 11) is -2.60. The maximum Gasteiger partial charge on any atom is 0.264 e. The van der Waals surface area contributed by atoms with Crippen molar-refractivity contribution in [3.63, 3.8) is 0 Å². The Hall–Kier alpha value is -4.63. The second kappa shape index (κ2) is 15.1. The first-order valence-corrected chi connectivity index (χ1v) is 16.8. The van der Waals surface area contributed by atoms with Crippen LogP contribution in [0.5, 0.6) is 5.75 Å². The monoisotopic (exact) mass is 641 g/mol. The molecule has 46 heavy (non-hydrogen) atoms. The highest BCUT2D eigenvalue weighted by Gasteiger charge is 2.36. The van der Waals surface area contributed by atoms with Crippen LogP contribution in [0.1, 0.15) is 44.4 Å². The first-order valence-electron chi connectivity index (χ1n) is 15.4. The number of hydrogen-bond acceptors (Lipinski definition) is 5. The van der Waals surface area contributed by atoms with E-state index in [-0.39, 0.29) is 23.8 Å². The van der Waals surface area contributed by atoms with Crippen molar-refractivity contribution < 1.29 is 22.7 Å². The Morgan fingerprint density at radius 1 is 0.826 bits per heavy atom. The highest BCUT2D eigenvalue weighted by molar-refractivity contribution is 7.92. The Morgan fingerprint density at radius 3 is 2.07 bits per heavy atom. The van der Waals surface area contributed by atoms with Gasteiger partial charge in [0.25, 0.3) is 10.0 Å². The molecule has 4 aromatic carbocycles. The van der Waals surface area contributed by atoms with Gasteiger partial charge in [-0.05, 0) is 74.2 Å². The van der Waals surface area contributed by atoms with E-state index in [2.05, 4.69) is 5.32 Å². The van der Waals surface area contributed by atoms with Gasteiger partial charge in [-0.2, -0.15) is 0 Å². The fraction of sp³-hybridized carbons (Fsp3) is 0.297. The van der Waals surface area contributed by atoms with Crippen LogP contribution >= 0.6 is 0 Å². The van der Waals surface area contributed by atoms with Crippen molar-refractivity contribution in [3.05, 3.63) is 126 Å². The van der Waals surface area contributed by atoms with E-state index in [0.717, 1.165) is 16.7 Å². The van der Waals surface area contributed by atoms with Crippen molar-refractivity contribution in [1.29, 1.82) is 0 Å². The summed E-state index contributed by atoms with van der Waals surface area (Å²) in [5, 5.41) is 3.05. The largest absolute Gasteiger partial charge is 0.497 e. The first kappa shape index (κ1) is 34.2. The van der Waals surface area contributed by atoms with E-state index in [4.69, 9.17) is 4.74 Å². The van der Waals surface area contributed by atoms with Gasteiger partial charge in [0, 0.05) is 18.5 Å². The van der Waals surface area contributed by atoms with Crippen molar-refractivity contribution >= 4 is 27.5 Å². The Kier molecular flexibility index (Phi) is 11.2. The smallest absolute Gasteiger partial charge is 0.264 e. The van der Waals surface area contributed by atoms with Gasteiger partial charge in [-0.15, -0.1) is 0 Å². The minimum absolute atomic E-state index is 0.0553. The Balaban J connectivity index is 1.85. The quantitative estimate of drug-likeness (QED) is 0.193. The molecule has 0 bridgehead atoms. The zero-order valence-electron chi connectivity index (χ0n) is 27.1. The van der Waals surface area contributed by atoms with E-state index < -0.39 is 34.1 Å². The van der Waals surface area contributed by atoms with Gasteiger partial charge in [0.1, 0.15) is 18.3 Å². The normalized spacial score (nSPS) is 12.2. The molecule has 2 amide bonds. The molecule has 0 saturated heterocycles. The number of carbonyl (C=O) groups is 2. The molecule has 0 aliphatic heterocycles. The molecule has 1 unspecified atom stereocenters. The molecule has 0 aliphatic carbocycles. The molecule has 0 aliphatic rings. The van der Waals surface area contributed by atoms with Crippen LogP contribution in [0.15, 0.2) is 114 Å². The number of rotatable bonds is 13. The average molecular weight is 642 g/mol. The topological polar surface area (TPSA) is 96.0 Å². The summed E-state index contributed by atoms with van der Waals surface area (Å²) in [6.45, 7) is 7.14. The van der Waals surface area contributed by atoms with Gasteiger partial charge in [0.15, 0.2) is 0 Å². The summed E-state index contributed by atoms with van der Waals surface area (Å²) >= 11 is 0. The predicted octanol–water partition coefficient (Wildman–Crippen LogP) is 6.01. The molecule has 4 rings (SSSR count). The van der Waals surface area contributed by atoms with Crippen LogP contribution in [-0.4, -0.2) is 50.4 Å². The van der Waals surface area contributed by atoms with Crippen LogP contribution in [0.25, 0.3) is 0 Å². The number of nitrogens with zero attached hydrogens (tertiary/aromatic N) is 2. The predicted molar refractivity (Wildman–Crippen MR) is 182 cm³/mol. The number of anilines is 1. The summed E-state index contributed by atoms with van der Waals surface area (Å²) in [6.07, 6.45) is 0.790. The number of methoxy groups -OCH3 is 1. The molecule has 0 heterocycles. The lowest BCUT2D eigenvalue weighted by molar-refractivity contribution is -0.140. The fourth-order valence-electron chi connectivity index (χ4n) is 5.26. The molecule has 0 aromatic heterocycles. The van der Waals surface area contributed by atoms with Crippen molar-refractivity contribution in [2.75, 3.05) is 18.0 Å². The van der Waals surface area contributed by atoms with Gasteiger partial charge < -0.3 is 15.0 Å². The number of nitrogens with one attached hydrogen (secondary N) is 1. The lowest BCUT2D eigenvalue weighted by Gasteiger charge is -2.35. The molecule has 1 atom stereocenters. The molecule has 4 aromatic rings. The van der Waals surface area contributed by atoms with E-state index in [1.165, 1.54) is 21.3 Å². The molecule has 8 nitrogen and oxygen atoms in total. The molecule has 0 saturated carbocycles. The van der Waals surface area contributed by atoms with E-state index >= 15 is 0 Å². The van der Waals surface area contributed by atoms with Crippen molar-refractivity contribution in [3.8, 4) is 5.75 Å². The van der Waals surface area contributed by atoms with E-state index in [9.17, 15) is 18.0 Å². The van der Waals surface area contributed by atoms with Crippen LogP contribution < -0.4 is 14.4 Å². The zero-order chi connectivity index (χ0) is 33.3. The second-order valence-corrected chi connectivity index (χ2v) is 14.0. The molecule has 1 N–H and O–H groups in total. The van der Waals surface area contributed by atoms with Gasteiger partial charge in [0.2, 0.25) is 11.8 Å². The third-order valence-corrected chi connectivity index (χ3v) is 9.28. The summed E-state index contributed by atoms with van der Waals surface area (Å²) in [4.78, 5) is 30.3. The van der Waals surface area contributed by atoms with Crippen molar-refractivity contribution in [2.45, 2.75) is 63.6 Å². The van der Waals surface area contributed by atoms with E-state index in [0.29, 0.717) is 17.9 Å². The Bertz CT molecular complexity index is 1720. The van der Waals surface area contributed by atoms with Gasteiger partial charge in [0.05, 0.1) is 17.7 Å². The van der Waals surface area contributed by atoms with Crippen molar-refractivity contribution in [2.24, 2.45) is 0 Å². The summed E-state index contributed by atoms with van der Waals surface area (Å²) < 4.78 is 35.1. The maximum atomic E-state index is 14.7. The molecule has 0 fully saturated rings. The third kappa shape index (κ3) is 8.75. The van der Waals surface area contributed by atoms with Gasteiger partial charge in [-0.1, -0.05) is 85.8 Å². The lowest BCUT2D eigenvalue weighted by atomic mass is 10.0. The Labute approximate surface area is 273 Å². The first-order chi connectivity index (χ1) is 21.9. The van der Waals surface area contributed by atoms with Crippen molar-refractivity contribution in [1.82, 2.24) is 10.2 Å². The zero-order valence-corrected chi connectivity index (χ0v) is 28.0. The number of para-hydroxylation sites is 1.